The average Bonchev–Trinajstić information content (AvgIpc) is 3.20. The van der Waals surface area contributed by atoms with Crippen LogP contribution in [-0.4, -0.2) is 37.6 Å². The van der Waals surface area contributed by atoms with Gasteiger partial charge in [-0.2, -0.15) is 0 Å². The van der Waals surface area contributed by atoms with Crippen molar-refractivity contribution in [1.29, 1.82) is 0 Å². The Morgan fingerprint density at radius 3 is 2.66 bits per heavy atom. The van der Waals surface area contributed by atoms with E-state index in [1.54, 1.807) is 37.6 Å². The van der Waals surface area contributed by atoms with E-state index < -0.39 is 5.97 Å². The molecule has 0 aliphatic heterocycles. The summed E-state index contributed by atoms with van der Waals surface area (Å²) in [4.78, 5) is 27.7. The Morgan fingerprint density at radius 2 is 1.93 bits per heavy atom. The van der Waals surface area contributed by atoms with Crippen molar-refractivity contribution >= 4 is 28.7 Å². The number of fused-ring (bicyclic) bond motifs is 1. The van der Waals surface area contributed by atoms with Crippen molar-refractivity contribution in [2.45, 2.75) is 13.3 Å². The predicted octanol–water partition coefficient (Wildman–Crippen LogP) is 4.19. The van der Waals surface area contributed by atoms with Crippen LogP contribution >= 0.6 is 0 Å². The summed E-state index contributed by atoms with van der Waals surface area (Å²) in [6.07, 6.45) is 5.37. The molecule has 0 atom stereocenters. The van der Waals surface area contributed by atoms with Gasteiger partial charge in [-0.05, 0) is 30.2 Å². The van der Waals surface area contributed by atoms with Crippen LogP contribution in [0, 0.1) is 0 Å². The van der Waals surface area contributed by atoms with Gasteiger partial charge in [-0.3, -0.25) is 4.79 Å². The molecule has 0 aliphatic rings. The molecule has 0 bridgehead atoms. The van der Waals surface area contributed by atoms with Gasteiger partial charge in [0.2, 0.25) is 5.78 Å². The van der Waals surface area contributed by atoms with Crippen LogP contribution in [0.1, 0.15) is 28.4 Å². The van der Waals surface area contributed by atoms with Crippen molar-refractivity contribution in [1.82, 2.24) is 4.98 Å². The Morgan fingerprint density at radius 1 is 1.10 bits per heavy atom. The van der Waals surface area contributed by atoms with E-state index in [4.69, 9.17) is 14.2 Å². The highest BCUT2D eigenvalue weighted by Crippen LogP contribution is 2.26. The maximum atomic E-state index is 12.5. The summed E-state index contributed by atoms with van der Waals surface area (Å²) in [5.74, 6) is 0.353. The number of ketones is 1. The van der Waals surface area contributed by atoms with Crippen LogP contribution in [0.2, 0.25) is 0 Å². The van der Waals surface area contributed by atoms with Crippen LogP contribution in [0.15, 0.2) is 48.7 Å². The van der Waals surface area contributed by atoms with Crippen LogP contribution in [0.3, 0.4) is 0 Å². The molecule has 0 amide bonds. The number of ether oxygens (including phenoxy) is 3. The van der Waals surface area contributed by atoms with Crippen LogP contribution in [0.25, 0.3) is 17.0 Å². The van der Waals surface area contributed by atoms with E-state index in [0.29, 0.717) is 22.6 Å². The molecule has 1 N–H and O–H groups in total. The largest absolute Gasteiger partial charge is 0.497 e. The molecule has 0 radical (unpaired) electrons. The zero-order valence-corrected chi connectivity index (χ0v) is 16.7. The molecular formula is C23H23NO5. The molecule has 150 valence electrons. The predicted molar refractivity (Wildman–Crippen MR) is 112 cm³/mol. The van der Waals surface area contributed by atoms with E-state index in [9.17, 15) is 9.59 Å². The second kappa shape index (κ2) is 9.10. The first kappa shape index (κ1) is 20.2. The van der Waals surface area contributed by atoms with E-state index in [1.165, 1.54) is 13.2 Å². The maximum Gasteiger partial charge on any atom is 0.331 e. The minimum Gasteiger partial charge on any atom is -0.497 e. The number of rotatable bonds is 8. The minimum absolute atomic E-state index is 0.256. The fourth-order valence-corrected chi connectivity index (χ4v) is 3.12. The van der Waals surface area contributed by atoms with Gasteiger partial charge in [-0.1, -0.05) is 25.1 Å². The highest BCUT2D eigenvalue weighted by molar-refractivity contribution is 6.09. The zero-order valence-electron chi connectivity index (χ0n) is 16.7. The second-order valence-electron chi connectivity index (χ2n) is 6.37. The number of nitrogens with one attached hydrogen (secondary N) is 1. The number of aryl methyl sites for hydroxylation is 1. The SMILES string of the molecule is CCc1cccc2c(C(=O)COC(=O)/C=C/c3ccc(OC)cc3OC)c[nH]c12. The van der Waals surface area contributed by atoms with Crippen molar-refractivity contribution in [2.24, 2.45) is 0 Å². The van der Waals surface area contributed by atoms with Gasteiger partial charge in [0.25, 0.3) is 0 Å². The number of hydrogen-bond acceptors (Lipinski definition) is 5. The summed E-state index contributed by atoms with van der Waals surface area (Å²) < 4.78 is 15.6. The Bertz CT molecular complexity index is 1060. The van der Waals surface area contributed by atoms with Crippen LogP contribution in [0.5, 0.6) is 11.5 Å². The van der Waals surface area contributed by atoms with E-state index in [-0.39, 0.29) is 12.4 Å². The Kier molecular flexibility index (Phi) is 6.34. The lowest BCUT2D eigenvalue weighted by Crippen LogP contribution is -2.12. The molecule has 0 unspecified atom stereocenters. The third-order valence-corrected chi connectivity index (χ3v) is 4.67. The van der Waals surface area contributed by atoms with E-state index in [2.05, 4.69) is 11.9 Å². The van der Waals surface area contributed by atoms with Crippen molar-refractivity contribution < 1.29 is 23.8 Å². The number of hydrogen-bond donors (Lipinski definition) is 1. The molecule has 6 nitrogen and oxygen atoms in total. The van der Waals surface area contributed by atoms with E-state index in [0.717, 1.165) is 22.9 Å². The first-order valence-electron chi connectivity index (χ1n) is 9.26. The molecule has 0 aliphatic carbocycles. The highest BCUT2D eigenvalue weighted by atomic mass is 16.5. The van der Waals surface area contributed by atoms with Gasteiger partial charge in [0.15, 0.2) is 6.61 Å². The van der Waals surface area contributed by atoms with Gasteiger partial charge in [0, 0.05) is 40.4 Å². The van der Waals surface area contributed by atoms with Gasteiger partial charge in [-0.25, -0.2) is 4.79 Å². The van der Waals surface area contributed by atoms with Crippen molar-refractivity contribution in [3.63, 3.8) is 0 Å². The molecule has 0 fully saturated rings. The number of aromatic nitrogens is 1. The zero-order chi connectivity index (χ0) is 20.8. The fraction of sp³-hybridized carbons (Fsp3) is 0.217. The van der Waals surface area contributed by atoms with Crippen LogP contribution in [-0.2, 0) is 16.0 Å². The van der Waals surface area contributed by atoms with Crippen molar-refractivity contribution in [3.8, 4) is 11.5 Å². The molecular weight excluding hydrogens is 370 g/mol. The number of para-hydroxylation sites is 1. The van der Waals surface area contributed by atoms with Crippen molar-refractivity contribution in [2.75, 3.05) is 20.8 Å². The molecule has 29 heavy (non-hydrogen) atoms. The Labute approximate surface area is 169 Å². The van der Waals surface area contributed by atoms with Crippen LogP contribution < -0.4 is 9.47 Å². The average molecular weight is 393 g/mol. The van der Waals surface area contributed by atoms with E-state index >= 15 is 0 Å². The number of H-pyrrole nitrogens is 1. The number of carbonyl (C=O) groups is 2. The highest BCUT2D eigenvalue weighted by Gasteiger charge is 2.15. The lowest BCUT2D eigenvalue weighted by molar-refractivity contribution is -0.136. The summed E-state index contributed by atoms with van der Waals surface area (Å²) in [5.41, 5.74) is 3.29. The molecule has 1 heterocycles. The first-order valence-corrected chi connectivity index (χ1v) is 9.26. The number of carbonyl (C=O) groups excluding carboxylic acids is 2. The summed E-state index contributed by atoms with van der Waals surface area (Å²) >= 11 is 0. The first-order chi connectivity index (χ1) is 14.1. The van der Waals surface area contributed by atoms with Gasteiger partial charge in [-0.15, -0.1) is 0 Å². The molecule has 6 heteroatoms. The number of esters is 1. The summed E-state index contributed by atoms with van der Waals surface area (Å²) in [6.45, 7) is 1.73. The molecule has 0 spiro atoms. The monoisotopic (exact) mass is 393 g/mol. The number of Topliss-reactive ketones (excluding diaryl/α,β-unsaturated/α-hetero) is 1. The minimum atomic E-state index is -0.606. The number of methoxy groups -OCH3 is 2. The van der Waals surface area contributed by atoms with Crippen molar-refractivity contribution in [3.05, 3.63) is 65.4 Å². The maximum absolute atomic E-state index is 12.5. The quantitative estimate of drug-likeness (QED) is 0.353. The summed E-state index contributed by atoms with van der Waals surface area (Å²) in [5, 5.41) is 0.837. The molecule has 0 saturated heterocycles. The standard InChI is InChI=1S/C23H23NO5/c1-4-15-6-5-7-18-19(13-24-23(15)18)20(25)14-29-22(26)11-9-16-8-10-17(27-2)12-21(16)28-3/h5-13,24H,4,14H2,1-3H3/b11-9+. The third kappa shape index (κ3) is 4.48. The van der Waals surface area contributed by atoms with Crippen LogP contribution in [0.4, 0.5) is 0 Å². The summed E-state index contributed by atoms with van der Waals surface area (Å²) in [7, 11) is 3.10. The lowest BCUT2D eigenvalue weighted by atomic mass is 10.1. The van der Waals surface area contributed by atoms with Gasteiger partial charge < -0.3 is 19.2 Å². The molecule has 3 aromatic rings. The van der Waals surface area contributed by atoms with Gasteiger partial charge >= 0.3 is 5.97 Å². The third-order valence-electron chi connectivity index (χ3n) is 4.67. The fourth-order valence-electron chi connectivity index (χ4n) is 3.12. The molecule has 0 saturated carbocycles. The normalized spacial score (nSPS) is 11.0. The molecule has 3 rings (SSSR count). The Hall–Kier alpha value is -3.54. The molecule has 1 aromatic heterocycles. The van der Waals surface area contributed by atoms with E-state index in [1.807, 2.05) is 18.2 Å². The molecule has 2 aromatic carbocycles. The summed E-state index contributed by atoms with van der Waals surface area (Å²) in [6, 6.07) is 11.1. The second-order valence-corrected chi connectivity index (χ2v) is 6.37. The smallest absolute Gasteiger partial charge is 0.331 e. The number of benzene rings is 2. The van der Waals surface area contributed by atoms with Gasteiger partial charge in [0.1, 0.15) is 11.5 Å². The topological polar surface area (TPSA) is 77.6 Å². The lowest BCUT2D eigenvalue weighted by Gasteiger charge is -2.07. The van der Waals surface area contributed by atoms with Gasteiger partial charge in [0.05, 0.1) is 14.2 Å². The number of aromatic amines is 1. The Balaban J connectivity index is 1.65.